The molecule has 3 N–H and O–H groups in total. The molecule has 1 rings (SSSR count). The second-order valence-corrected chi connectivity index (χ2v) is 3.51. The number of hydrogen-bond donors (Lipinski definition) is 2. The normalized spacial score (nSPS) is 11.2. The first-order valence-corrected chi connectivity index (χ1v) is 4.87. The van der Waals surface area contributed by atoms with Gasteiger partial charge in [-0.3, -0.25) is 4.79 Å². The molecular formula is C9H12F3N5O. The van der Waals surface area contributed by atoms with Crippen LogP contribution in [0.3, 0.4) is 0 Å². The minimum Gasteiger partial charge on any atom is -0.368 e. The van der Waals surface area contributed by atoms with Crippen LogP contribution >= 0.6 is 0 Å². The number of carbonyl (C=O) groups is 1. The van der Waals surface area contributed by atoms with Crippen molar-refractivity contribution < 1.29 is 18.0 Å². The van der Waals surface area contributed by atoms with Gasteiger partial charge in [0.2, 0.25) is 11.9 Å². The first-order chi connectivity index (χ1) is 8.24. The number of likely N-dealkylation sites (N-methyl/N-ethyl adjacent to an activating group) is 1. The quantitative estimate of drug-likeness (QED) is 0.824. The van der Waals surface area contributed by atoms with Gasteiger partial charge in [-0.15, -0.1) is 0 Å². The molecule has 0 atom stereocenters. The highest BCUT2D eigenvalue weighted by Gasteiger charge is 2.34. The van der Waals surface area contributed by atoms with E-state index in [1.165, 1.54) is 19.0 Å². The number of amides is 1. The maximum absolute atomic E-state index is 12.6. The number of primary amides is 1. The summed E-state index contributed by atoms with van der Waals surface area (Å²) in [6.07, 6.45) is -4.59. The van der Waals surface area contributed by atoms with Crippen LogP contribution in [-0.2, 0) is 11.0 Å². The zero-order valence-corrected chi connectivity index (χ0v) is 9.75. The Kier molecular flexibility index (Phi) is 3.94. The highest BCUT2D eigenvalue weighted by Crippen LogP contribution is 2.30. The SMILES string of the molecule is CNc1nc(N(C)CC(N)=O)cc(C(F)(F)F)n1. The van der Waals surface area contributed by atoms with Crippen LogP contribution < -0.4 is 16.0 Å². The minimum atomic E-state index is -4.59. The molecular weight excluding hydrogens is 251 g/mol. The van der Waals surface area contributed by atoms with Gasteiger partial charge in [0.25, 0.3) is 0 Å². The van der Waals surface area contributed by atoms with Crippen molar-refractivity contribution in [3.8, 4) is 0 Å². The fraction of sp³-hybridized carbons (Fsp3) is 0.444. The lowest BCUT2D eigenvalue weighted by Gasteiger charge is -2.18. The molecule has 0 aliphatic rings. The molecule has 9 heteroatoms. The number of aromatic nitrogens is 2. The van der Waals surface area contributed by atoms with E-state index in [4.69, 9.17) is 5.73 Å². The Hall–Kier alpha value is -2.06. The zero-order chi connectivity index (χ0) is 13.9. The average molecular weight is 263 g/mol. The van der Waals surface area contributed by atoms with Gasteiger partial charge >= 0.3 is 6.18 Å². The molecule has 1 aromatic heterocycles. The lowest BCUT2D eigenvalue weighted by Crippen LogP contribution is -2.31. The number of rotatable bonds is 4. The second kappa shape index (κ2) is 5.07. The van der Waals surface area contributed by atoms with Crippen LogP contribution in [-0.4, -0.2) is 36.5 Å². The van der Waals surface area contributed by atoms with E-state index in [0.717, 1.165) is 6.07 Å². The van der Waals surface area contributed by atoms with Crippen molar-refractivity contribution in [2.24, 2.45) is 5.73 Å². The first kappa shape index (κ1) is 14.0. The molecule has 18 heavy (non-hydrogen) atoms. The molecule has 1 heterocycles. The number of hydrogen-bond acceptors (Lipinski definition) is 5. The molecule has 6 nitrogen and oxygen atoms in total. The smallest absolute Gasteiger partial charge is 0.368 e. The van der Waals surface area contributed by atoms with Gasteiger partial charge in [-0.25, -0.2) is 4.98 Å². The summed E-state index contributed by atoms with van der Waals surface area (Å²) in [6, 6.07) is 0.754. The van der Waals surface area contributed by atoms with E-state index in [0.29, 0.717) is 0 Å². The molecule has 0 saturated heterocycles. The van der Waals surface area contributed by atoms with E-state index in [1.54, 1.807) is 0 Å². The van der Waals surface area contributed by atoms with Crippen molar-refractivity contribution in [1.82, 2.24) is 9.97 Å². The van der Waals surface area contributed by atoms with Gasteiger partial charge in [0.15, 0.2) is 5.69 Å². The van der Waals surface area contributed by atoms with E-state index >= 15 is 0 Å². The van der Waals surface area contributed by atoms with Gasteiger partial charge < -0.3 is 16.0 Å². The van der Waals surface area contributed by atoms with Crippen molar-refractivity contribution in [2.75, 3.05) is 30.9 Å². The number of carbonyl (C=O) groups excluding carboxylic acids is 1. The third-order valence-corrected chi connectivity index (χ3v) is 2.01. The fourth-order valence-corrected chi connectivity index (χ4v) is 1.20. The summed E-state index contributed by atoms with van der Waals surface area (Å²) >= 11 is 0. The van der Waals surface area contributed by atoms with Crippen LogP contribution in [0.2, 0.25) is 0 Å². The van der Waals surface area contributed by atoms with Crippen LogP contribution in [0, 0.1) is 0 Å². The largest absolute Gasteiger partial charge is 0.433 e. The van der Waals surface area contributed by atoms with Crippen LogP contribution in [0.25, 0.3) is 0 Å². The second-order valence-electron chi connectivity index (χ2n) is 3.51. The maximum Gasteiger partial charge on any atom is 0.433 e. The van der Waals surface area contributed by atoms with Crippen molar-refractivity contribution in [2.45, 2.75) is 6.18 Å². The molecule has 0 unspecified atom stereocenters. The summed E-state index contributed by atoms with van der Waals surface area (Å²) < 4.78 is 37.7. The molecule has 0 fully saturated rings. The number of halogens is 3. The van der Waals surface area contributed by atoms with Crippen molar-refractivity contribution in [3.63, 3.8) is 0 Å². The molecule has 0 aromatic carbocycles. The van der Waals surface area contributed by atoms with Gasteiger partial charge in [0, 0.05) is 20.2 Å². The molecule has 0 aliphatic heterocycles. The van der Waals surface area contributed by atoms with Crippen molar-refractivity contribution >= 4 is 17.7 Å². The molecule has 0 radical (unpaired) electrons. The van der Waals surface area contributed by atoms with Gasteiger partial charge in [0.05, 0.1) is 6.54 Å². The topological polar surface area (TPSA) is 84.1 Å². The van der Waals surface area contributed by atoms with Crippen LogP contribution in [0.4, 0.5) is 24.9 Å². The fourth-order valence-electron chi connectivity index (χ4n) is 1.20. The lowest BCUT2D eigenvalue weighted by molar-refractivity contribution is -0.141. The molecule has 0 bridgehead atoms. The Morgan fingerprint density at radius 2 is 2.11 bits per heavy atom. The summed E-state index contributed by atoms with van der Waals surface area (Å²) in [4.78, 5) is 19.0. The van der Waals surface area contributed by atoms with Crippen molar-refractivity contribution in [1.29, 1.82) is 0 Å². The van der Waals surface area contributed by atoms with Crippen LogP contribution in [0.5, 0.6) is 0 Å². The summed E-state index contributed by atoms with van der Waals surface area (Å²) in [5.41, 5.74) is 3.87. The van der Waals surface area contributed by atoms with Gasteiger partial charge in [-0.2, -0.15) is 18.2 Å². The van der Waals surface area contributed by atoms with Gasteiger partial charge in [0.1, 0.15) is 5.82 Å². The Labute approximate surface area is 101 Å². The predicted octanol–water partition coefficient (Wildman–Crippen LogP) is 0.459. The van der Waals surface area contributed by atoms with Crippen molar-refractivity contribution in [3.05, 3.63) is 11.8 Å². The first-order valence-electron chi connectivity index (χ1n) is 4.87. The molecule has 100 valence electrons. The van der Waals surface area contributed by atoms with Gasteiger partial charge in [-0.1, -0.05) is 0 Å². The van der Waals surface area contributed by atoms with E-state index in [2.05, 4.69) is 15.3 Å². The third-order valence-electron chi connectivity index (χ3n) is 2.01. The number of alkyl halides is 3. The zero-order valence-electron chi connectivity index (χ0n) is 9.75. The van der Waals surface area contributed by atoms with Crippen LogP contribution in [0.15, 0.2) is 6.07 Å². The minimum absolute atomic E-state index is 0.0412. The Morgan fingerprint density at radius 3 is 2.56 bits per heavy atom. The summed E-state index contributed by atoms with van der Waals surface area (Å²) in [6.45, 7) is -0.239. The standard InChI is InChI=1S/C9H12F3N5O/c1-14-8-15-5(9(10,11)12)3-7(16-8)17(2)4-6(13)18/h3H,4H2,1-2H3,(H2,13,18)(H,14,15,16). The highest BCUT2D eigenvalue weighted by molar-refractivity contribution is 5.79. The van der Waals surface area contributed by atoms with E-state index in [1.807, 2.05) is 0 Å². The number of nitrogens with one attached hydrogen (secondary N) is 1. The van der Waals surface area contributed by atoms with E-state index in [-0.39, 0.29) is 18.3 Å². The monoisotopic (exact) mass is 263 g/mol. The average Bonchev–Trinajstić information content (AvgIpc) is 2.26. The summed E-state index contributed by atoms with van der Waals surface area (Å²) in [7, 11) is 2.81. The Bertz CT molecular complexity index is 448. The highest BCUT2D eigenvalue weighted by atomic mass is 19.4. The lowest BCUT2D eigenvalue weighted by atomic mass is 10.3. The Morgan fingerprint density at radius 1 is 1.50 bits per heavy atom. The molecule has 1 amide bonds. The predicted molar refractivity (Wildman–Crippen MR) is 59.0 cm³/mol. The van der Waals surface area contributed by atoms with E-state index in [9.17, 15) is 18.0 Å². The summed E-state index contributed by atoms with van der Waals surface area (Å²) in [5.74, 6) is -0.896. The third kappa shape index (κ3) is 3.47. The van der Waals surface area contributed by atoms with E-state index < -0.39 is 17.8 Å². The maximum atomic E-state index is 12.6. The van der Waals surface area contributed by atoms with Crippen LogP contribution in [0.1, 0.15) is 5.69 Å². The number of nitrogens with zero attached hydrogens (tertiary/aromatic N) is 3. The number of anilines is 2. The number of nitrogens with two attached hydrogens (primary N) is 1. The summed E-state index contributed by atoms with van der Waals surface area (Å²) in [5, 5.41) is 2.42. The molecule has 1 aromatic rings. The molecule has 0 aliphatic carbocycles. The molecule has 0 saturated carbocycles. The molecule has 0 spiro atoms. The Balaban J connectivity index is 3.15. The van der Waals surface area contributed by atoms with Gasteiger partial charge in [-0.05, 0) is 0 Å².